The first kappa shape index (κ1) is 22.0. The van der Waals surface area contributed by atoms with Crippen LogP contribution in [0.25, 0.3) is 0 Å². The minimum atomic E-state index is -0.484. The summed E-state index contributed by atoms with van der Waals surface area (Å²) in [6.07, 6.45) is 0.126. The first-order valence-corrected chi connectivity index (χ1v) is 11.4. The Morgan fingerprint density at radius 2 is 2.00 bits per heavy atom. The number of nitrogens with zero attached hydrogens (tertiary/aromatic N) is 1. The van der Waals surface area contributed by atoms with Crippen LogP contribution in [0.4, 0.5) is 5.82 Å². The molecule has 0 fully saturated rings. The molecule has 4 rings (SSSR count). The molecule has 166 valence electrons. The number of aromatic nitrogens is 2. The van der Waals surface area contributed by atoms with Gasteiger partial charge in [0.1, 0.15) is 5.82 Å². The summed E-state index contributed by atoms with van der Waals surface area (Å²) in [6, 6.07) is 13.7. The number of carbonyl (C=O) groups excluding carboxylic acids is 1. The SMILES string of the molecule is CCOc1c(OC)cccc1C1CC(=O)Nc2nc(SCc3cccc(C)c3)[nH]c(=O)c21. The second-order valence-electron chi connectivity index (χ2n) is 7.53. The van der Waals surface area contributed by atoms with E-state index in [1.807, 2.05) is 44.2 Å². The summed E-state index contributed by atoms with van der Waals surface area (Å²) < 4.78 is 11.3. The van der Waals surface area contributed by atoms with Gasteiger partial charge < -0.3 is 19.8 Å². The summed E-state index contributed by atoms with van der Waals surface area (Å²) in [5.74, 6) is 1.38. The van der Waals surface area contributed by atoms with E-state index in [2.05, 4.69) is 21.4 Å². The van der Waals surface area contributed by atoms with Crippen molar-refractivity contribution < 1.29 is 14.3 Å². The molecule has 2 aromatic carbocycles. The van der Waals surface area contributed by atoms with Gasteiger partial charge in [0, 0.05) is 23.7 Å². The quantitative estimate of drug-likeness (QED) is 0.412. The van der Waals surface area contributed by atoms with Crippen LogP contribution in [0.5, 0.6) is 11.5 Å². The molecule has 0 bridgehead atoms. The topological polar surface area (TPSA) is 93.3 Å². The van der Waals surface area contributed by atoms with E-state index >= 15 is 0 Å². The van der Waals surface area contributed by atoms with Gasteiger partial charge in [-0.2, -0.15) is 0 Å². The first-order valence-electron chi connectivity index (χ1n) is 10.4. The lowest BCUT2D eigenvalue weighted by atomic mass is 9.86. The number of H-pyrrole nitrogens is 1. The molecule has 1 aliphatic heterocycles. The number of thioether (sulfide) groups is 1. The number of hydrogen-bond donors (Lipinski definition) is 2. The molecule has 3 aromatic rings. The largest absolute Gasteiger partial charge is 0.493 e. The van der Waals surface area contributed by atoms with Crippen LogP contribution >= 0.6 is 11.8 Å². The van der Waals surface area contributed by atoms with E-state index in [1.165, 1.54) is 17.3 Å². The fraction of sp³-hybridized carbons (Fsp3) is 0.292. The Morgan fingerprint density at radius 1 is 1.19 bits per heavy atom. The maximum absolute atomic E-state index is 13.1. The number of amides is 1. The van der Waals surface area contributed by atoms with E-state index in [9.17, 15) is 9.59 Å². The molecule has 0 aliphatic carbocycles. The fourth-order valence-corrected chi connectivity index (χ4v) is 4.71. The Labute approximate surface area is 190 Å². The molecule has 0 spiro atoms. The number of hydrogen-bond acceptors (Lipinski definition) is 6. The van der Waals surface area contributed by atoms with Crippen molar-refractivity contribution in [2.75, 3.05) is 19.0 Å². The Hall–Kier alpha value is -3.26. The van der Waals surface area contributed by atoms with Crippen molar-refractivity contribution in [2.24, 2.45) is 0 Å². The maximum atomic E-state index is 13.1. The minimum absolute atomic E-state index is 0.126. The van der Waals surface area contributed by atoms with E-state index in [1.54, 1.807) is 13.2 Å². The van der Waals surface area contributed by atoms with Gasteiger partial charge in [-0.15, -0.1) is 0 Å². The van der Waals surface area contributed by atoms with Gasteiger partial charge in [-0.05, 0) is 25.5 Å². The number of carbonyl (C=O) groups is 1. The molecular formula is C24H25N3O4S. The third kappa shape index (κ3) is 4.50. The highest BCUT2D eigenvalue weighted by atomic mass is 32.2. The van der Waals surface area contributed by atoms with Crippen LogP contribution in [-0.4, -0.2) is 29.6 Å². The zero-order chi connectivity index (χ0) is 22.7. The smallest absolute Gasteiger partial charge is 0.257 e. The van der Waals surface area contributed by atoms with Gasteiger partial charge in [-0.3, -0.25) is 9.59 Å². The molecule has 0 saturated heterocycles. The second kappa shape index (κ2) is 9.48. The summed E-state index contributed by atoms with van der Waals surface area (Å²) in [6.45, 7) is 4.35. The minimum Gasteiger partial charge on any atom is -0.493 e. The second-order valence-corrected chi connectivity index (χ2v) is 8.49. The van der Waals surface area contributed by atoms with Crippen LogP contribution in [0.3, 0.4) is 0 Å². The van der Waals surface area contributed by atoms with Gasteiger partial charge in [0.15, 0.2) is 16.7 Å². The molecule has 2 heterocycles. The summed E-state index contributed by atoms with van der Waals surface area (Å²) in [7, 11) is 1.56. The number of benzene rings is 2. The van der Waals surface area contributed by atoms with Gasteiger partial charge in [-0.25, -0.2) is 4.98 Å². The zero-order valence-electron chi connectivity index (χ0n) is 18.2. The molecule has 0 radical (unpaired) electrons. The molecule has 0 saturated carbocycles. The highest BCUT2D eigenvalue weighted by Gasteiger charge is 2.33. The van der Waals surface area contributed by atoms with Crippen LogP contribution in [0.2, 0.25) is 0 Å². The van der Waals surface area contributed by atoms with Crippen molar-refractivity contribution in [3.8, 4) is 11.5 Å². The van der Waals surface area contributed by atoms with Gasteiger partial charge in [0.25, 0.3) is 5.56 Å². The number of rotatable bonds is 7. The molecular weight excluding hydrogens is 426 g/mol. The van der Waals surface area contributed by atoms with E-state index in [4.69, 9.17) is 9.47 Å². The van der Waals surface area contributed by atoms with Crippen molar-refractivity contribution >= 4 is 23.5 Å². The Bertz CT molecular complexity index is 1210. The standard InChI is InChI=1S/C24H25N3O4S/c1-4-31-21-16(9-6-10-18(21)30-3)17-12-19(28)25-22-20(17)23(29)27-24(26-22)32-13-15-8-5-7-14(2)11-15/h5-11,17H,4,12-13H2,1-3H3,(H2,25,26,27,28,29). The number of ether oxygens (including phenoxy) is 2. The number of para-hydroxylation sites is 1. The summed E-state index contributed by atoms with van der Waals surface area (Å²) in [5.41, 5.74) is 3.20. The number of aromatic amines is 1. The van der Waals surface area contributed by atoms with Crippen molar-refractivity contribution in [3.05, 3.63) is 75.1 Å². The molecule has 2 N–H and O–H groups in total. The number of anilines is 1. The van der Waals surface area contributed by atoms with Crippen molar-refractivity contribution in [1.82, 2.24) is 9.97 Å². The summed E-state index contributed by atoms with van der Waals surface area (Å²) in [4.78, 5) is 33.1. The molecule has 1 amide bonds. The molecule has 1 aliphatic rings. The number of aryl methyl sites for hydroxylation is 1. The van der Waals surface area contributed by atoms with Crippen molar-refractivity contribution in [1.29, 1.82) is 0 Å². The lowest BCUT2D eigenvalue weighted by Gasteiger charge is -2.26. The fourth-order valence-electron chi connectivity index (χ4n) is 3.91. The van der Waals surface area contributed by atoms with Crippen LogP contribution in [0.15, 0.2) is 52.4 Å². The zero-order valence-corrected chi connectivity index (χ0v) is 19.0. The molecule has 32 heavy (non-hydrogen) atoms. The normalized spacial score (nSPS) is 15.1. The van der Waals surface area contributed by atoms with Gasteiger partial charge in [0.05, 0.1) is 19.3 Å². The van der Waals surface area contributed by atoms with E-state index in [-0.39, 0.29) is 17.9 Å². The average molecular weight is 452 g/mol. The monoisotopic (exact) mass is 451 g/mol. The van der Waals surface area contributed by atoms with E-state index in [0.717, 1.165) is 11.1 Å². The lowest BCUT2D eigenvalue weighted by molar-refractivity contribution is -0.116. The van der Waals surface area contributed by atoms with Gasteiger partial charge in [-0.1, -0.05) is 53.7 Å². The Balaban J connectivity index is 1.71. The van der Waals surface area contributed by atoms with Crippen LogP contribution in [0, 0.1) is 6.92 Å². The van der Waals surface area contributed by atoms with Crippen LogP contribution in [0.1, 0.15) is 41.5 Å². The summed E-state index contributed by atoms with van der Waals surface area (Å²) in [5, 5.41) is 3.24. The van der Waals surface area contributed by atoms with Crippen molar-refractivity contribution in [2.45, 2.75) is 37.1 Å². The Kier molecular flexibility index (Phi) is 6.50. The highest BCUT2D eigenvalue weighted by Crippen LogP contribution is 2.42. The van der Waals surface area contributed by atoms with Crippen LogP contribution < -0.4 is 20.3 Å². The molecule has 1 aromatic heterocycles. The molecule has 1 atom stereocenters. The lowest BCUT2D eigenvalue weighted by Crippen LogP contribution is -2.31. The van der Waals surface area contributed by atoms with E-state index in [0.29, 0.717) is 40.4 Å². The average Bonchev–Trinajstić information content (AvgIpc) is 2.77. The third-order valence-corrected chi connectivity index (χ3v) is 6.23. The molecule has 7 nitrogen and oxygen atoms in total. The number of methoxy groups -OCH3 is 1. The highest BCUT2D eigenvalue weighted by molar-refractivity contribution is 7.98. The molecule has 1 unspecified atom stereocenters. The Morgan fingerprint density at radius 3 is 2.75 bits per heavy atom. The van der Waals surface area contributed by atoms with Gasteiger partial charge in [0.2, 0.25) is 5.91 Å². The first-order chi connectivity index (χ1) is 15.5. The number of fused-ring (bicyclic) bond motifs is 1. The van der Waals surface area contributed by atoms with Crippen molar-refractivity contribution in [3.63, 3.8) is 0 Å². The van der Waals surface area contributed by atoms with E-state index < -0.39 is 5.92 Å². The predicted molar refractivity (Wildman–Crippen MR) is 125 cm³/mol. The summed E-state index contributed by atoms with van der Waals surface area (Å²) >= 11 is 1.42. The maximum Gasteiger partial charge on any atom is 0.257 e. The molecule has 8 heteroatoms. The predicted octanol–water partition coefficient (Wildman–Crippen LogP) is 4.25. The third-order valence-electron chi connectivity index (χ3n) is 5.28. The van der Waals surface area contributed by atoms with Crippen LogP contribution in [-0.2, 0) is 10.5 Å². The number of nitrogens with one attached hydrogen (secondary N) is 2. The van der Waals surface area contributed by atoms with Gasteiger partial charge >= 0.3 is 0 Å².